The summed E-state index contributed by atoms with van der Waals surface area (Å²) in [6.07, 6.45) is 5.12. The standard InChI is InChI=1S/C26H41FN4O2S2.O.Tc/c1-3-23(29-33-2)26-22(19-5-7-20(27)8-6-19)17-21-9-10-24(26)31(21)13-4-12-30(14-16-35)18-25(32)28-11-15-34;;/h5-8,21-22,24,26,34-35H,3-4,9-18H2,1-2H3,(H,28,32);;/q;-2;+5/p-3/b29-23-;;/i;;1+0. The number of halogens is 1. The van der Waals surface area contributed by atoms with Gasteiger partial charge >= 0.3 is 20.1 Å². The molecule has 1 aromatic carbocycles. The summed E-state index contributed by atoms with van der Waals surface area (Å²) in [5.41, 5.74) is 2.27. The van der Waals surface area contributed by atoms with Gasteiger partial charge < -0.3 is 50.6 Å². The summed E-state index contributed by atoms with van der Waals surface area (Å²) in [6, 6.07) is 7.88. The van der Waals surface area contributed by atoms with Crippen LogP contribution in [-0.4, -0.2) is 84.8 Å². The number of oxime groups is 1. The van der Waals surface area contributed by atoms with E-state index in [-0.39, 0.29) is 43.2 Å². The van der Waals surface area contributed by atoms with E-state index in [0.717, 1.165) is 50.9 Å². The summed E-state index contributed by atoms with van der Waals surface area (Å²) >= 11 is 10.1. The Morgan fingerprint density at radius 3 is 2.54 bits per heavy atom. The normalized spacial score (nSPS) is 24.1. The first-order chi connectivity index (χ1) is 17.0. The fourth-order valence-corrected chi connectivity index (χ4v) is 6.28. The van der Waals surface area contributed by atoms with Crippen LogP contribution in [-0.2, 0) is 55.7 Å². The average molecular weight is 636 g/mol. The van der Waals surface area contributed by atoms with Crippen LogP contribution in [0.5, 0.6) is 0 Å². The van der Waals surface area contributed by atoms with Gasteiger partial charge in [0.15, 0.2) is 0 Å². The molecule has 2 heterocycles. The molecule has 2 bridgehead atoms. The van der Waals surface area contributed by atoms with Crippen molar-refractivity contribution >= 4 is 36.9 Å². The first-order valence-corrected chi connectivity index (χ1v) is 13.9. The van der Waals surface area contributed by atoms with Gasteiger partial charge in [0.1, 0.15) is 12.9 Å². The van der Waals surface area contributed by atoms with Gasteiger partial charge in [-0.2, -0.15) is 11.5 Å². The number of fused-ring (bicyclic) bond motifs is 2. The number of nitrogens with zero attached hydrogens (tertiary/aromatic N) is 4. The number of hydrogen-bond donors (Lipinski definition) is 0. The van der Waals surface area contributed by atoms with Gasteiger partial charge in [-0.3, -0.25) is 4.90 Å². The van der Waals surface area contributed by atoms with Gasteiger partial charge in [0.2, 0.25) is 0 Å². The Morgan fingerprint density at radius 1 is 1.19 bits per heavy atom. The van der Waals surface area contributed by atoms with E-state index in [9.17, 15) is 9.50 Å². The third-order valence-electron chi connectivity index (χ3n) is 7.35. The Bertz CT molecular complexity index is 850. The van der Waals surface area contributed by atoms with Gasteiger partial charge in [0.25, 0.3) is 0 Å². The molecule has 1 aromatic rings. The molecule has 0 saturated carbocycles. The van der Waals surface area contributed by atoms with Crippen LogP contribution >= 0.6 is 0 Å². The number of benzene rings is 1. The van der Waals surface area contributed by atoms with E-state index in [1.165, 1.54) is 5.56 Å². The summed E-state index contributed by atoms with van der Waals surface area (Å²) in [5, 5.41) is 16.6. The predicted octanol–water partition coefficient (Wildman–Crippen LogP) is 2.60. The SMILES string of the molecule is CC/C(=N/OC)C1C(c2ccc(F)cc2)CC2CCC1N2CCCN(CC[S-])CC([O-])=NCC[S-].[98Tc+5].[O-2]. The second kappa shape index (κ2) is 17.8. The molecule has 7 nitrogen and oxygen atoms in total. The van der Waals surface area contributed by atoms with Crippen LogP contribution in [0.4, 0.5) is 4.39 Å². The summed E-state index contributed by atoms with van der Waals surface area (Å²) < 4.78 is 13.6. The number of aliphatic imine (C=N–C) groups is 1. The zero-order valence-corrected chi connectivity index (χ0v) is 25.2. The third-order valence-corrected chi connectivity index (χ3v) is 7.72. The van der Waals surface area contributed by atoms with E-state index >= 15 is 0 Å². The largest absolute Gasteiger partial charge is 5.00 e. The van der Waals surface area contributed by atoms with Gasteiger partial charge in [-0.1, -0.05) is 24.2 Å². The zero-order chi connectivity index (χ0) is 25.2. The molecule has 0 aliphatic carbocycles. The molecule has 3 rings (SSSR count). The van der Waals surface area contributed by atoms with Crippen LogP contribution in [0, 0.1) is 11.7 Å². The molecule has 0 N–H and O–H groups in total. The molecule has 0 radical (unpaired) electrons. The fraction of sp³-hybridized carbons (Fsp3) is 0.692. The molecule has 37 heavy (non-hydrogen) atoms. The van der Waals surface area contributed by atoms with Gasteiger partial charge in [-0.15, -0.1) is 0 Å². The second-order valence-corrected chi connectivity index (χ2v) is 10.2. The molecule has 206 valence electrons. The van der Waals surface area contributed by atoms with Crippen molar-refractivity contribution in [1.82, 2.24) is 9.80 Å². The molecule has 2 aliphatic rings. The van der Waals surface area contributed by atoms with Gasteiger partial charge in [0.05, 0.1) is 5.71 Å². The van der Waals surface area contributed by atoms with Crippen LogP contribution < -0.4 is 5.11 Å². The fourth-order valence-electron chi connectivity index (χ4n) is 5.93. The van der Waals surface area contributed by atoms with Crippen molar-refractivity contribution in [3.05, 3.63) is 35.6 Å². The van der Waals surface area contributed by atoms with Gasteiger partial charge in [-0.05, 0) is 81.3 Å². The molecule has 0 amide bonds. The van der Waals surface area contributed by atoms with Crippen LogP contribution in [0.25, 0.3) is 0 Å². The molecule has 2 aliphatic heterocycles. The Hall–Kier alpha value is -0.681. The van der Waals surface area contributed by atoms with Gasteiger partial charge in [-0.25, -0.2) is 4.39 Å². The molecule has 4 unspecified atom stereocenters. The zero-order valence-electron chi connectivity index (χ0n) is 21.7. The monoisotopic (exact) mass is 635 g/mol. The van der Waals surface area contributed by atoms with E-state index in [0.29, 0.717) is 49.1 Å². The van der Waals surface area contributed by atoms with Crippen LogP contribution in [0.15, 0.2) is 34.4 Å². The quantitative estimate of drug-likeness (QED) is 0.135. The molecular weight excluding hydrogens is 597 g/mol. The minimum Gasteiger partial charge on any atom is -2.00 e. The van der Waals surface area contributed by atoms with E-state index in [2.05, 4.69) is 26.9 Å². The molecule has 2 fully saturated rings. The van der Waals surface area contributed by atoms with E-state index in [1.807, 2.05) is 12.1 Å². The van der Waals surface area contributed by atoms with Crippen molar-refractivity contribution in [2.24, 2.45) is 16.1 Å². The number of hydrogen-bond acceptors (Lipinski definition) is 8. The smallest absolute Gasteiger partial charge is 2.00 e. The minimum absolute atomic E-state index is 0. The molecule has 0 spiro atoms. The Morgan fingerprint density at radius 2 is 1.92 bits per heavy atom. The predicted molar refractivity (Wildman–Crippen MR) is 144 cm³/mol. The number of rotatable bonds is 14. The van der Waals surface area contributed by atoms with Crippen molar-refractivity contribution < 1.29 is 39.9 Å². The molecular formula is C26H38FN4O3S2Tc. The van der Waals surface area contributed by atoms with Crippen LogP contribution in [0.3, 0.4) is 0 Å². The molecule has 4 atom stereocenters. The summed E-state index contributed by atoms with van der Waals surface area (Å²) in [5.74, 6) is 1.30. The first kappa shape index (κ1) is 34.3. The van der Waals surface area contributed by atoms with E-state index < -0.39 is 0 Å². The maximum atomic E-state index is 13.6. The Balaban J connectivity index is 0.00000342. The number of piperidine rings is 1. The van der Waals surface area contributed by atoms with Crippen molar-refractivity contribution in [2.45, 2.75) is 57.0 Å². The first-order valence-electron chi connectivity index (χ1n) is 12.7. The molecule has 2 saturated heterocycles. The summed E-state index contributed by atoms with van der Waals surface area (Å²) in [4.78, 5) is 14.0. The molecule has 0 aromatic heterocycles. The van der Waals surface area contributed by atoms with Crippen molar-refractivity contribution in [3.63, 3.8) is 0 Å². The van der Waals surface area contributed by atoms with Gasteiger partial charge in [0, 0.05) is 31.1 Å². The Labute approximate surface area is 245 Å². The second-order valence-electron chi connectivity index (χ2n) is 9.39. The topological polar surface area (TPSA) is 92.0 Å². The maximum absolute atomic E-state index is 13.6. The van der Waals surface area contributed by atoms with Crippen LogP contribution in [0.2, 0.25) is 0 Å². The average Bonchev–Trinajstić information content (AvgIpc) is 3.13. The van der Waals surface area contributed by atoms with E-state index in [4.69, 9.17) is 30.1 Å². The third kappa shape index (κ3) is 9.48. The van der Waals surface area contributed by atoms with Crippen molar-refractivity contribution in [2.75, 3.05) is 51.3 Å². The summed E-state index contributed by atoms with van der Waals surface area (Å²) in [7, 11) is 1.61. The van der Waals surface area contributed by atoms with Crippen molar-refractivity contribution in [1.29, 1.82) is 0 Å². The minimum atomic E-state index is -0.203. The van der Waals surface area contributed by atoms with E-state index in [1.54, 1.807) is 19.2 Å². The summed E-state index contributed by atoms with van der Waals surface area (Å²) in [6.45, 7) is 5.36. The van der Waals surface area contributed by atoms with Crippen molar-refractivity contribution in [3.8, 4) is 0 Å². The maximum Gasteiger partial charge on any atom is 5.00 e. The Kier molecular flexibility index (Phi) is 16.5. The molecule has 11 heteroatoms. The van der Waals surface area contributed by atoms with Crippen LogP contribution in [0.1, 0.15) is 50.5 Å².